The lowest BCUT2D eigenvalue weighted by atomic mass is 9.51. The molecule has 1 heterocycles. The van der Waals surface area contributed by atoms with Crippen molar-refractivity contribution in [3.63, 3.8) is 0 Å². The van der Waals surface area contributed by atoms with E-state index in [0.717, 1.165) is 57.4 Å². The molecule has 2 aliphatic carbocycles. The van der Waals surface area contributed by atoms with E-state index < -0.39 is 6.10 Å². The number of nitrogens with one attached hydrogen (secondary N) is 1. The molecule has 2 amide bonds. The molecule has 33 heavy (non-hydrogen) atoms. The van der Waals surface area contributed by atoms with Crippen LogP contribution in [0.1, 0.15) is 69.7 Å². The second-order valence-corrected chi connectivity index (χ2v) is 10.9. The van der Waals surface area contributed by atoms with Gasteiger partial charge in [0.05, 0.1) is 13.2 Å². The minimum Gasteiger partial charge on any atom is -0.497 e. The number of methoxy groups -OCH3 is 1. The molecule has 1 aromatic carbocycles. The van der Waals surface area contributed by atoms with Crippen molar-refractivity contribution in [2.75, 3.05) is 20.2 Å². The number of nitrogens with zero attached hydrogens (tertiary/aromatic N) is 1. The summed E-state index contributed by atoms with van der Waals surface area (Å²) in [5.41, 5.74) is 0.663. The van der Waals surface area contributed by atoms with E-state index in [2.05, 4.69) is 19.2 Å². The van der Waals surface area contributed by atoms with Crippen LogP contribution >= 0.6 is 0 Å². The third-order valence-electron chi connectivity index (χ3n) is 9.01. The average molecular weight is 457 g/mol. The van der Waals surface area contributed by atoms with Crippen molar-refractivity contribution in [2.24, 2.45) is 29.1 Å². The van der Waals surface area contributed by atoms with Crippen molar-refractivity contribution in [1.29, 1.82) is 0 Å². The van der Waals surface area contributed by atoms with Crippen LogP contribution in [0.3, 0.4) is 0 Å². The molecular formula is C27H40N2O4. The van der Waals surface area contributed by atoms with Gasteiger partial charge >= 0.3 is 0 Å². The Morgan fingerprint density at radius 2 is 1.79 bits per heavy atom. The SMILES string of the molecule is COc1ccc(C(=O)N[C@H]2CC[C@]3(C)CC[C@@H]([C@H](C)C(=O)N4CCCC4)[C@H](O)[C@H]3[C@@H]2C)cc1. The van der Waals surface area contributed by atoms with E-state index in [-0.39, 0.29) is 46.9 Å². The highest BCUT2D eigenvalue weighted by molar-refractivity contribution is 5.94. The molecule has 0 spiro atoms. The lowest BCUT2D eigenvalue weighted by molar-refractivity contribution is -0.149. The van der Waals surface area contributed by atoms with Gasteiger partial charge in [0.2, 0.25) is 5.91 Å². The molecule has 4 rings (SSSR count). The summed E-state index contributed by atoms with van der Waals surface area (Å²) >= 11 is 0. The van der Waals surface area contributed by atoms with Crippen LogP contribution in [0, 0.1) is 29.1 Å². The summed E-state index contributed by atoms with van der Waals surface area (Å²) in [4.78, 5) is 28.0. The summed E-state index contributed by atoms with van der Waals surface area (Å²) in [5, 5.41) is 14.8. The van der Waals surface area contributed by atoms with Gasteiger partial charge in [0.25, 0.3) is 5.91 Å². The molecule has 0 unspecified atom stereocenters. The number of ether oxygens (including phenoxy) is 1. The minimum atomic E-state index is -0.527. The highest BCUT2D eigenvalue weighted by Gasteiger charge is 2.54. The number of amides is 2. The molecule has 0 aromatic heterocycles. The normalized spacial score (nSPS) is 34.9. The van der Waals surface area contributed by atoms with Gasteiger partial charge in [0.1, 0.15) is 5.75 Å². The molecule has 3 aliphatic rings. The summed E-state index contributed by atoms with van der Waals surface area (Å²) in [6.07, 6.45) is 5.45. The summed E-state index contributed by atoms with van der Waals surface area (Å²) in [5.74, 6) is 0.865. The van der Waals surface area contributed by atoms with Crippen molar-refractivity contribution in [1.82, 2.24) is 10.2 Å². The van der Waals surface area contributed by atoms with Crippen molar-refractivity contribution in [3.05, 3.63) is 29.8 Å². The van der Waals surface area contributed by atoms with E-state index >= 15 is 0 Å². The Hall–Kier alpha value is -2.08. The van der Waals surface area contributed by atoms with Crippen LogP contribution in [-0.2, 0) is 4.79 Å². The predicted molar refractivity (Wildman–Crippen MR) is 128 cm³/mol. The molecule has 0 radical (unpaired) electrons. The van der Waals surface area contributed by atoms with Crippen LogP contribution in [0.15, 0.2) is 24.3 Å². The number of likely N-dealkylation sites (tertiary alicyclic amines) is 1. The maximum absolute atomic E-state index is 13.1. The van der Waals surface area contributed by atoms with Crippen LogP contribution in [0.25, 0.3) is 0 Å². The van der Waals surface area contributed by atoms with Crippen molar-refractivity contribution < 1.29 is 19.4 Å². The van der Waals surface area contributed by atoms with Gasteiger partial charge in [-0.05, 0) is 86.0 Å². The Kier molecular flexibility index (Phi) is 7.04. The molecule has 2 saturated carbocycles. The number of rotatable bonds is 5. The van der Waals surface area contributed by atoms with E-state index in [1.165, 1.54) is 0 Å². The lowest BCUT2D eigenvalue weighted by Gasteiger charge is -2.56. The summed E-state index contributed by atoms with van der Waals surface area (Å²) in [6, 6.07) is 7.16. The second kappa shape index (κ2) is 9.65. The Balaban J connectivity index is 1.46. The largest absolute Gasteiger partial charge is 0.497 e. The van der Waals surface area contributed by atoms with Crippen LogP contribution in [0.5, 0.6) is 5.75 Å². The van der Waals surface area contributed by atoms with E-state index in [9.17, 15) is 14.7 Å². The molecule has 7 atom stereocenters. The highest BCUT2D eigenvalue weighted by Crippen LogP contribution is 2.55. The first kappa shape index (κ1) is 24.1. The summed E-state index contributed by atoms with van der Waals surface area (Å²) < 4.78 is 5.19. The number of hydrogen-bond donors (Lipinski definition) is 2. The zero-order valence-corrected chi connectivity index (χ0v) is 20.5. The number of carbonyl (C=O) groups excluding carboxylic acids is 2. The van der Waals surface area contributed by atoms with Gasteiger partial charge in [-0.1, -0.05) is 20.8 Å². The maximum atomic E-state index is 13.1. The first-order valence-corrected chi connectivity index (χ1v) is 12.7. The van der Waals surface area contributed by atoms with Crippen molar-refractivity contribution >= 4 is 11.8 Å². The molecule has 182 valence electrons. The van der Waals surface area contributed by atoms with Crippen LogP contribution in [0.2, 0.25) is 0 Å². The van der Waals surface area contributed by atoms with E-state index in [1.807, 2.05) is 11.8 Å². The van der Waals surface area contributed by atoms with Gasteiger partial charge < -0.3 is 20.1 Å². The summed E-state index contributed by atoms with van der Waals surface area (Å²) in [6.45, 7) is 8.17. The number of aliphatic hydroxyl groups excluding tert-OH is 1. The Bertz CT molecular complexity index is 850. The quantitative estimate of drug-likeness (QED) is 0.705. The lowest BCUT2D eigenvalue weighted by Crippen LogP contribution is -2.58. The van der Waals surface area contributed by atoms with Gasteiger partial charge in [0, 0.05) is 30.6 Å². The van der Waals surface area contributed by atoms with Gasteiger partial charge in [-0.15, -0.1) is 0 Å². The monoisotopic (exact) mass is 456 g/mol. The smallest absolute Gasteiger partial charge is 0.251 e. The standard InChI is InChI=1S/C27H40N2O4/c1-17(26(32)29-15-5-6-16-29)21-11-13-27(3)14-12-22(18(2)23(27)24(21)30)28-25(31)19-7-9-20(33-4)10-8-19/h7-10,17-18,21-24,30H,5-6,11-16H2,1-4H3,(H,28,31)/t17-,18+,21-,22-,23+,24-,27-/m0/s1. The minimum absolute atomic E-state index is 0.00988. The fourth-order valence-electron chi connectivity index (χ4n) is 6.90. The van der Waals surface area contributed by atoms with Crippen LogP contribution in [0.4, 0.5) is 0 Å². The van der Waals surface area contributed by atoms with Crippen molar-refractivity contribution in [3.8, 4) is 5.75 Å². The number of hydrogen-bond acceptors (Lipinski definition) is 4. The first-order valence-electron chi connectivity index (χ1n) is 12.7. The zero-order chi connectivity index (χ0) is 23.8. The first-order chi connectivity index (χ1) is 15.7. The number of fused-ring (bicyclic) bond motifs is 1. The molecule has 1 aromatic rings. The molecule has 1 aliphatic heterocycles. The molecule has 6 nitrogen and oxygen atoms in total. The third-order valence-corrected chi connectivity index (χ3v) is 9.01. The fourth-order valence-corrected chi connectivity index (χ4v) is 6.90. The summed E-state index contributed by atoms with van der Waals surface area (Å²) in [7, 11) is 1.61. The van der Waals surface area contributed by atoms with Gasteiger partial charge in [-0.3, -0.25) is 9.59 Å². The molecule has 1 saturated heterocycles. The van der Waals surface area contributed by atoms with E-state index in [1.54, 1.807) is 31.4 Å². The molecule has 6 heteroatoms. The topological polar surface area (TPSA) is 78.9 Å². The van der Waals surface area contributed by atoms with E-state index in [4.69, 9.17) is 4.74 Å². The fraction of sp³-hybridized carbons (Fsp3) is 0.704. The number of benzene rings is 1. The Morgan fingerprint density at radius 1 is 1.15 bits per heavy atom. The molecular weight excluding hydrogens is 416 g/mol. The zero-order valence-electron chi connectivity index (χ0n) is 20.5. The van der Waals surface area contributed by atoms with Crippen molar-refractivity contribution in [2.45, 2.75) is 71.4 Å². The number of aliphatic hydroxyl groups is 1. The molecule has 0 bridgehead atoms. The molecule has 2 N–H and O–H groups in total. The van der Waals surface area contributed by atoms with E-state index in [0.29, 0.717) is 5.56 Å². The number of carbonyl (C=O) groups is 2. The maximum Gasteiger partial charge on any atom is 0.251 e. The highest BCUT2D eigenvalue weighted by atomic mass is 16.5. The van der Waals surface area contributed by atoms with Gasteiger partial charge in [0.15, 0.2) is 0 Å². The average Bonchev–Trinajstić information content (AvgIpc) is 3.35. The van der Waals surface area contributed by atoms with Crippen LogP contribution in [-0.4, -0.2) is 54.2 Å². The Labute approximate surface area is 198 Å². The van der Waals surface area contributed by atoms with Gasteiger partial charge in [-0.2, -0.15) is 0 Å². The second-order valence-electron chi connectivity index (χ2n) is 10.9. The van der Waals surface area contributed by atoms with Crippen LogP contribution < -0.4 is 10.1 Å². The predicted octanol–water partition coefficient (Wildman–Crippen LogP) is 3.88. The third kappa shape index (κ3) is 4.64. The Morgan fingerprint density at radius 3 is 2.42 bits per heavy atom. The molecule has 3 fully saturated rings. The van der Waals surface area contributed by atoms with Gasteiger partial charge in [-0.25, -0.2) is 0 Å².